The van der Waals surface area contributed by atoms with E-state index in [9.17, 15) is 4.39 Å². The molecule has 21 heavy (non-hydrogen) atoms. The van der Waals surface area contributed by atoms with Crippen LogP contribution in [0.3, 0.4) is 0 Å². The van der Waals surface area contributed by atoms with Crippen LogP contribution in [0.15, 0.2) is 36.4 Å². The molecule has 5 heteroatoms. The highest BCUT2D eigenvalue weighted by atomic mass is 19.1. The van der Waals surface area contributed by atoms with Gasteiger partial charge in [0.05, 0.1) is 18.2 Å². The highest BCUT2D eigenvalue weighted by Gasteiger charge is 2.08. The third-order valence-corrected chi connectivity index (χ3v) is 3.01. The quantitative estimate of drug-likeness (QED) is 0.934. The molecule has 104 valence electrons. The number of hydrogen-bond donors (Lipinski definition) is 1. The molecule has 0 heterocycles. The molecule has 0 aliphatic heterocycles. The first-order valence-corrected chi connectivity index (χ1v) is 6.19. The van der Waals surface area contributed by atoms with Gasteiger partial charge in [0.15, 0.2) is 11.6 Å². The van der Waals surface area contributed by atoms with Crippen molar-refractivity contribution in [3.63, 3.8) is 0 Å². The molecule has 0 amide bonds. The average molecular weight is 281 g/mol. The highest BCUT2D eigenvalue weighted by molar-refractivity contribution is 5.56. The predicted molar refractivity (Wildman–Crippen MR) is 76.2 cm³/mol. The van der Waals surface area contributed by atoms with Crippen molar-refractivity contribution in [1.29, 1.82) is 10.5 Å². The maximum absolute atomic E-state index is 14.0. The summed E-state index contributed by atoms with van der Waals surface area (Å²) in [5.74, 6) is -0.228. The van der Waals surface area contributed by atoms with Crippen molar-refractivity contribution in [3.05, 3.63) is 58.9 Å². The Bertz CT molecular complexity index is 744. The lowest BCUT2D eigenvalue weighted by molar-refractivity contribution is 0.384. The zero-order valence-electron chi connectivity index (χ0n) is 11.4. The second-order valence-corrected chi connectivity index (χ2v) is 4.27. The molecule has 0 fully saturated rings. The number of nitrogens with one attached hydrogen (secondary N) is 1. The summed E-state index contributed by atoms with van der Waals surface area (Å²) in [6.07, 6.45) is 0. The molecule has 0 aliphatic carbocycles. The molecule has 0 atom stereocenters. The van der Waals surface area contributed by atoms with E-state index in [0.29, 0.717) is 16.8 Å². The predicted octanol–water partition coefficient (Wildman–Crippen LogP) is 3.19. The van der Waals surface area contributed by atoms with Gasteiger partial charge >= 0.3 is 0 Å². The van der Waals surface area contributed by atoms with E-state index < -0.39 is 5.82 Å². The van der Waals surface area contributed by atoms with Gasteiger partial charge < -0.3 is 10.1 Å². The van der Waals surface area contributed by atoms with E-state index in [1.807, 2.05) is 12.1 Å². The average Bonchev–Trinajstić information content (AvgIpc) is 2.53. The summed E-state index contributed by atoms with van der Waals surface area (Å²) in [6.45, 7) is 0.250. The summed E-state index contributed by atoms with van der Waals surface area (Å²) in [5, 5.41) is 20.8. The normalized spacial score (nSPS) is 9.52. The zero-order valence-corrected chi connectivity index (χ0v) is 11.4. The summed E-state index contributed by atoms with van der Waals surface area (Å²) in [4.78, 5) is 0. The summed E-state index contributed by atoms with van der Waals surface area (Å²) < 4.78 is 18.9. The third-order valence-electron chi connectivity index (χ3n) is 3.01. The Morgan fingerprint density at radius 1 is 1.14 bits per heavy atom. The van der Waals surface area contributed by atoms with Crippen LogP contribution in [0.4, 0.5) is 10.1 Å². The van der Waals surface area contributed by atoms with Crippen LogP contribution in [0.5, 0.6) is 5.75 Å². The van der Waals surface area contributed by atoms with Crippen LogP contribution in [0, 0.1) is 28.5 Å². The van der Waals surface area contributed by atoms with Crippen LogP contribution in [-0.2, 0) is 6.54 Å². The lowest BCUT2D eigenvalue weighted by Gasteiger charge is -2.10. The summed E-state index contributed by atoms with van der Waals surface area (Å²) in [7, 11) is 1.41. The van der Waals surface area contributed by atoms with Gasteiger partial charge in [-0.25, -0.2) is 4.39 Å². The van der Waals surface area contributed by atoms with E-state index in [1.165, 1.54) is 7.11 Å². The number of rotatable bonds is 4. The number of nitrogens with zero attached hydrogens (tertiary/aromatic N) is 2. The molecule has 0 saturated heterocycles. The van der Waals surface area contributed by atoms with Crippen LogP contribution in [0.25, 0.3) is 0 Å². The Labute approximate surface area is 122 Å². The first-order chi connectivity index (χ1) is 10.2. The van der Waals surface area contributed by atoms with Gasteiger partial charge in [0.25, 0.3) is 0 Å². The second kappa shape index (κ2) is 6.40. The molecule has 2 rings (SSSR count). The SMILES string of the molecule is COc1cccc(CNc2ccc(C#N)c(C#N)c2)c1F. The fraction of sp³-hybridized carbons (Fsp3) is 0.125. The first-order valence-electron chi connectivity index (χ1n) is 6.19. The maximum Gasteiger partial charge on any atom is 0.170 e. The van der Waals surface area contributed by atoms with Crippen molar-refractivity contribution in [2.24, 2.45) is 0 Å². The van der Waals surface area contributed by atoms with Gasteiger partial charge in [0, 0.05) is 17.8 Å². The van der Waals surface area contributed by atoms with E-state index in [-0.39, 0.29) is 17.9 Å². The molecule has 2 aromatic rings. The summed E-state index contributed by atoms with van der Waals surface area (Å²) in [6, 6.07) is 13.6. The van der Waals surface area contributed by atoms with Gasteiger partial charge in [0.1, 0.15) is 12.1 Å². The van der Waals surface area contributed by atoms with Crippen LogP contribution in [-0.4, -0.2) is 7.11 Å². The van der Waals surface area contributed by atoms with Crippen LogP contribution >= 0.6 is 0 Å². The first kappa shape index (κ1) is 14.4. The largest absolute Gasteiger partial charge is 0.494 e. The molecule has 0 radical (unpaired) electrons. The zero-order chi connectivity index (χ0) is 15.2. The lowest BCUT2D eigenvalue weighted by atomic mass is 10.1. The van der Waals surface area contributed by atoms with Crippen molar-refractivity contribution in [2.45, 2.75) is 6.54 Å². The Kier molecular flexibility index (Phi) is 4.38. The standard InChI is InChI=1S/C16H12FN3O/c1-21-15-4-2-3-12(16(15)17)10-20-14-6-5-11(8-18)13(7-14)9-19/h2-7,20H,10H2,1H3. The molecular weight excluding hydrogens is 269 g/mol. The van der Waals surface area contributed by atoms with Crippen molar-refractivity contribution in [1.82, 2.24) is 0 Å². The Morgan fingerprint density at radius 3 is 2.57 bits per heavy atom. The van der Waals surface area contributed by atoms with Crippen LogP contribution < -0.4 is 10.1 Å². The van der Waals surface area contributed by atoms with Gasteiger partial charge in [0.2, 0.25) is 0 Å². The number of nitriles is 2. The van der Waals surface area contributed by atoms with Gasteiger partial charge in [-0.05, 0) is 24.3 Å². The Hall–Kier alpha value is -3.05. The lowest BCUT2D eigenvalue weighted by Crippen LogP contribution is -2.03. The number of benzene rings is 2. The molecule has 4 nitrogen and oxygen atoms in total. The Morgan fingerprint density at radius 2 is 1.90 bits per heavy atom. The second-order valence-electron chi connectivity index (χ2n) is 4.27. The molecule has 0 spiro atoms. The van der Waals surface area contributed by atoms with E-state index >= 15 is 0 Å². The van der Waals surface area contributed by atoms with E-state index in [4.69, 9.17) is 15.3 Å². The number of methoxy groups -OCH3 is 1. The van der Waals surface area contributed by atoms with Gasteiger partial charge in [-0.2, -0.15) is 10.5 Å². The van der Waals surface area contributed by atoms with Crippen LogP contribution in [0.1, 0.15) is 16.7 Å². The van der Waals surface area contributed by atoms with E-state index in [0.717, 1.165) is 0 Å². The molecule has 0 saturated carbocycles. The fourth-order valence-electron chi connectivity index (χ4n) is 1.89. The molecule has 2 aromatic carbocycles. The third kappa shape index (κ3) is 3.10. The summed E-state index contributed by atoms with van der Waals surface area (Å²) in [5.41, 5.74) is 1.70. The monoisotopic (exact) mass is 281 g/mol. The topological polar surface area (TPSA) is 68.8 Å². The molecule has 0 bridgehead atoms. The molecule has 0 unspecified atom stereocenters. The number of anilines is 1. The minimum Gasteiger partial charge on any atom is -0.494 e. The number of hydrogen-bond acceptors (Lipinski definition) is 4. The summed E-state index contributed by atoms with van der Waals surface area (Å²) >= 11 is 0. The molecular formula is C16H12FN3O. The van der Waals surface area contributed by atoms with E-state index in [2.05, 4.69) is 5.32 Å². The fourth-order valence-corrected chi connectivity index (χ4v) is 1.89. The number of halogens is 1. The van der Waals surface area contributed by atoms with E-state index in [1.54, 1.807) is 36.4 Å². The van der Waals surface area contributed by atoms with Gasteiger partial charge in [-0.1, -0.05) is 12.1 Å². The maximum atomic E-state index is 14.0. The van der Waals surface area contributed by atoms with Crippen molar-refractivity contribution in [2.75, 3.05) is 12.4 Å². The minimum atomic E-state index is -0.415. The van der Waals surface area contributed by atoms with Gasteiger partial charge in [-0.15, -0.1) is 0 Å². The smallest absolute Gasteiger partial charge is 0.170 e. The minimum absolute atomic E-state index is 0.187. The molecule has 1 N–H and O–H groups in total. The molecule has 0 aromatic heterocycles. The van der Waals surface area contributed by atoms with Crippen molar-refractivity contribution >= 4 is 5.69 Å². The highest BCUT2D eigenvalue weighted by Crippen LogP contribution is 2.21. The van der Waals surface area contributed by atoms with Crippen LogP contribution in [0.2, 0.25) is 0 Å². The van der Waals surface area contributed by atoms with Gasteiger partial charge in [-0.3, -0.25) is 0 Å². The number of ether oxygens (including phenoxy) is 1. The van der Waals surface area contributed by atoms with Crippen molar-refractivity contribution < 1.29 is 9.13 Å². The van der Waals surface area contributed by atoms with Crippen molar-refractivity contribution in [3.8, 4) is 17.9 Å². The Balaban J connectivity index is 2.18. The molecule has 0 aliphatic rings.